The summed E-state index contributed by atoms with van der Waals surface area (Å²) in [5.41, 5.74) is 0. The lowest BCUT2D eigenvalue weighted by Gasteiger charge is -2.43. The molecule has 7 heavy (non-hydrogen) atoms. The van der Waals surface area contributed by atoms with Gasteiger partial charge in [-0.15, -0.1) is 0 Å². The van der Waals surface area contributed by atoms with Crippen molar-refractivity contribution in [2.75, 3.05) is 6.54 Å². The van der Waals surface area contributed by atoms with Crippen LogP contribution in [0.4, 0.5) is 0 Å². The fraction of sp³-hybridized carbons (Fsp3) is 1.00. The highest BCUT2D eigenvalue weighted by Gasteiger charge is 2.30. The SMILES string of the molecule is C1CC2CC(N1)N2. The Morgan fingerprint density at radius 3 is 2.43 bits per heavy atom. The van der Waals surface area contributed by atoms with Crippen molar-refractivity contribution in [3.63, 3.8) is 0 Å². The average molecular weight is 98.1 g/mol. The summed E-state index contributed by atoms with van der Waals surface area (Å²) in [4.78, 5) is 0. The molecule has 2 N–H and O–H groups in total. The van der Waals surface area contributed by atoms with Crippen LogP contribution in [-0.4, -0.2) is 18.8 Å². The maximum atomic E-state index is 3.37. The standard InChI is InChI=1S/C5H10N2/c1-2-6-5-3-4(1)7-5/h4-7H,1-3H2. The first-order chi connectivity index (χ1) is 3.45. The Kier molecular flexibility index (Phi) is 0.664. The molecule has 3 fully saturated rings. The maximum Gasteiger partial charge on any atom is 0.0588 e. The third-order valence-corrected chi connectivity index (χ3v) is 1.84. The summed E-state index contributed by atoms with van der Waals surface area (Å²) in [6.45, 7) is 1.22. The average Bonchev–Trinajstić information content (AvgIpc) is 1.67. The maximum absolute atomic E-state index is 3.37. The zero-order valence-corrected chi connectivity index (χ0v) is 4.28. The summed E-state index contributed by atoms with van der Waals surface area (Å²) in [5.74, 6) is 0. The first kappa shape index (κ1) is 3.87. The summed E-state index contributed by atoms with van der Waals surface area (Å²) in [7, 11) is 0. The molecule has 2 bridgehead atoms. The molecule has 3 aliphatic heterocycles. The molecule has 0 amide bonds. The lowest BCUT2D eigenvalue weighted by molar-refractivity contribution is 0.163. The molecule has 0 aromatic heterocycles. The van der Waals surface area contributed by atoms with Crippen molar-refractivity contribution in [3.8, 4) is 0 Å². The second-order valence-corrected chi connectivity index (χ2v) is 2.39. The number of rotatable bonds is 0. The van der Waals surface area contributed by atoms with Gasteiger partial charge < -0.3 is 5.32 Å². The molecule has 3 aliphatic rings. The van der Waals surface area contributed by atoms with Crippen LogP contribution in [0.25, 0.3) is 0 Å². The Balaban J connectivity index is 1.99. The summed E-state index contributed by atoms with van der Waals surface area (Å²) in [6, 6.07) is 0.867. The molecule has 0 saturated carbocycles. The second kappa shape index (κ2) is 1.20. The third-order valence-electron chi connectivity index (χ3n) is 1.84. The van der Waals surface area contributed by atoms with E-state index in [1.807, 2.05) is 0 Å². The molecule has 2 atom stereocenters. The van der Waals surface area contributed by atoms with Crippen LogP contribution in [0.1, 0.15) is 12.8 Å². The first-order valence-electron chi connectivity index (χ1n) is 2.94. The molecule has 3 rings (SSSR count). The van der Waals surface area contributed by atoms with Gasteiger partial charge in [0, 0.05) is 6.04 Å². The topological polar surface area (TPSA) is 24.1 Å². The summed E-state index contributed by atoms with van der Waals surface area (Å²) < 4.78 is 0. The lowest BCUT2D eigenvalue weighted by atomic mass is 9.96. The minimum absolute atomic E-state index is 0.679. The third kappa shape index (κ3) is 0.469. The van der Waals surface area contributed by atoms with Gasteiger partial charge in [-0.25, -0.2) is 0 Å². The van der Waals surface area contributed by atoms with Crippen molar-refractivity contribution in [1.82, 2.24) is 10.6 Å². The Morgan fingerprint density at radius 2 is 2.29 bits per heavy atom. The van der Waals surface area contributed by atoms with Crippen LogP contribution >= 0.6 is 0 Å². The van der Waals surface area contributed by atoms with E-state index in [9.17, 15) is 0 Å². The van der Waals surface area contributed by atoms with Crippen LogP contribution in [-0.2, 0) is 0 Å². The molecule has 0 aromatic rings. The van der Waals surface area contributed by atoms with Crippen LogP contribution in [0, 0.1) is 0 Å². The first-order valence-corrected chi connectivity index (χ1v) is 2.94. The van der Waals surface area contributed by atoms with Crippen LogP contribution < -0.4 is 10.6 Å². The molecule has 2 nitrogen and oxygen atoms in total. The lowest BCUT2D eigenvalue weighted by Crippen LogP contribution is -2.64. The van der Waals surface area contributed by atoms with Crippen molar-refractivity contribution in [3.05, 3.63) is 0 Å². The van der Waals surface area contributed by atoms with Crippen LogP contribution in [0.5, 0.6) is 0 Å². The number of nitrogens with one attached hydrogen (secondary N) is 2. The molecule has 0 spiro atoms. The van der Waals surface area contributed by atoms with Gasteiger partial charge in [0.05, 0.1) is 6.17 Å². The van der Waals surface area contributed by atoms with Gasteiger partial charge in [0.25, 0.3) is 0 Å². The molecule has 2 heteroatoms. The monoisotopic (exact) mass is 98.1 g/mol. The van der Waals surface area contributed by atoms with Gasteiger partial charge in [-0.1, -0.05) is 0 Å². The Bertz CT molecular complexity index is 62.6. The Labute approximate surface area is 43.3 Å². The van der Waals surface area contributed by atoms with Crippen molar-refractivity contribution >= 4 is 0 Å². The number of hydrogen-bond donors (Lipinski definition) is 2. The quantitative estimate of drug-likeness (QED) is 0.433. The Morgan fingerprint density at radius 1 is 1.43 bits per heavy atom. The molecule has 3 heterocycles. The highest BCUT2D eigenvalue weighted by molar-refractivity contribution is 4.91. The van der Waals surface area contributed by atoms with Gasteiger partial charge >= 0.3 is 0 Å². The fourth-order valence-electron chi connectivity index (χ4n) is 1.32. The predicted molar refractivity (Wildman–Crippen MR) is 27.9 cm³/mol. The van der Waals surface area contributed by atoms with Gasteiger partial charge in [-0.05, 0) is 19.4 Å². The van der Waals surface area contributed by atoms with E-state index in [0.29, 0.717) is 6.17 Å². The van der Waals surface area contributed by atoms with Gasteiger partial charge in [-0.2, -0.15) is 0 Å². The molecule has 40 valence electrons. The zero-order chi connectivity index (χ0) is 4.69. The molecular weight excluding hydrogens is 88.1 g/mol. The zero-order valence-electron chi connectivity index (χ0n) is 4.28. The summed E-state index contributed by atoms with van der Waals surface area (Å²) in [6.07, 6.45) is 3.37. The second-order valence-electron chi connectivity index (χ2n) is 2.39. The highest BCUT2D eigenvalue weighted by Crippen LogP contribution is 2.16. The minimum Gasteiger partial charge on any atom is -0.302 e. The van der Waals surface area contributed by atoms with E-state index in [4.69, 9.17) is 0 Å². The van der Waals surface area contributed by atoms with E-state index in [1.165, 1.54) is 19.4 Å². The van der Waals surface area contributed by atoms with Crippen molar-refractivity contribution in [2.45, 2.75) is 25.0 Å². The van der Waals surface area contributed by atoms with E-state index >= 15 is 0 Å². The van der Waals surface area contributed by atoms with Crippen LogP contribution in [0.15, 0.2) is 0 Å². The number of hydrogen-bond acceptors (Lipinski definition) is 2. The fourth-order valence-corrected chi connectivity index (χ4v) is 1.32. The molecule has 0 aromatic carbocycles. The summed E-state index contributed by atoms with van der Waals surface area (Å²) >= 11 is 0. The van der Waals surface area contributed by atoms with E-state index in [0.717, 1.165) is 6.04 Å². The van der Waals surface area contributed by atoms with Crippen molar-refractivity contribution in [2.24, 2.45) is 0 Å². The largest absolute Gasteiger partial charge is 0.302 e. The van der Waals surface area contributed by atoms with Gasteiger partial charge in [0.15, 0.2) is 0 Å². The van der Waals surface area contributed by atoms with E-state index in [1.54, 1.807) is 0 Å². The van der Waals surface area contributed by atoms with E-state index < -0.39 is 0 Å². The van der Waals surface area contributed by atoms with Crippen molar-refractivity contribution in [1.29, 1.82) is 0 Å². The minimum atomic E-state index is 0.679. The highest BCUT2D eigenvalue weighted by atomic mass is 15.2. The van der Waals surface area contributed by atoms with E-state index in [-0.39, 0.29) is 0 Å². The number of fused-ring (bicyclic) bond motifs is 2. The molecule has 2 unspecified atom stereocenters. The van der Waals surface area contributed by atoms with Gasteiger partial charge in [0.1, 0.15) is 0 Å². The summed E-state index contributed by atoms with van der Waals surface area (Å²) in [5, 5.41) is 6.70. The van der Waals surface area contributed by atoms with Crippen LogP contribution in [0.2, 0.25) is 0 Å². The molecule has 0 aliphatic carbocycles. The smallest absolute Gasteiger partial charge is 0.0588 e. The van der Waals surface area contributed by atoms with Crippen molar-refractivity contribution < 1.29 is 0 Å². The predicted octanol–water partition coefficient (Wildman–Crippen LogP) is -0.332. The normalized spacial score (nSPS) is 48.0. The molecule has 3 saturated heterocycles. The Hall–Kier alpha value is -0.0800. The van der Waals surface area contributed by atoms with E-state index in [2.05, 4.69) is 10.6 Å². The molecular formula is C5H10N2. The number of piperidine rings is 1. The van der Waals surface area contributed by atoms with Gasteiger partial charge in [-0.3, -0.25) is 5.32 Å². The van der Waals surface area contributed by atoms with Crippen LogP contribution in [0.3, 0.4) is 0 Å². The van der Waals surface area contributed by atoms with Gasteiger partial charge in [0.2, 0.25) is 0 Å². The molecule has 0 radical (unpaired) electrons.